The Morgan fingerprint density at radius 1 is 1.28 bits per heavy atom. The average Bonchev–Trinajstić information content (AvgIpc) is 3.32. The zero-order valence-corrected chi connectivity index (χ0v) is 19.9. The molecule has 11 heteroatoms. The SMILES string of the molecule is Cc1ccc(C)c(-n2nnnc2SCC(=O)O[C@H](C)c2nc3sc(C)c(C)c3c(=O)[nH]2)c1. The molecule has 4 aromatic rings. The lowest BCUT2D eigenvalue weighted by Crippen LogP contribution is -2.18. The first-order chi connectivity index (χ1) is 15.2. The van der Waals surface area contributed by atoms with Crippen LogP contribution in [0.1, 0.15) is 40.4 Å². The molecule has 1 aromatic carbocycles. The van der Waals surface area contributed by atoms with E-state index in [-0.39, 0.29) is 11.3 Å². The molecule has 0 aliphatic rings. The summed E-state index contributed by atoms with van der Waals surface area (Å²) in [6.45, 7) is 9.50. The molecule has 3 aromatic heterocycles. The normalized spacial score (nSPS) is 12.3. The molecule has 0 saturated carbocycles. The van der Waals surface area contributed by atoms with Crippen LogP contribution in [0, 0.1) is 27.7 Å². The Morgan fingerprint density at radius 3 is 2.84 bits per heavy atom. The summed E-state index contributed by atoms with van der Waals surface area (Å²) in [5.74, 6) is -0.124. The molecule has 4 rings (SSSR count). The molecule has 0 amide bonds. The van der Waals surface area contributed by atoms with Crippen molar-refractivity contribution in [3.05, 3.63) is 55.9 Å². The molecule has 0 radical (unpaired) electrons. The van der Waals surface area contributed by atoms with E-state index in [0.29, 0.717) is 21.2 Å². The lowest BCUT2D eigenvalue weighted by Gasteiger charge is -2.12. The number of tetrazole rings is 1. The number of ether oxygens (including phenoxy) is 1. The van der Waals surface area contributed by atoms with Crippen LogP contribution in [0.2, 0.25) is 0 Å². The predicted octanol–water partition coefficient (Wildman–Crippen LogP) is 3.59. The van der Waals surface area contributed by atoms with Crippen LogP contribution in [0.5, 0.6) is 0 Å². The molecule has 0 saturated heterocycles. The minimum atomic E-state index is -0.696. The lowest BCUT2D eigenvalue weighted by molar-refractivity contribution is -0.145. The molecule has 0 unspecified atom stereocenters. The summed E-state index contributed by atoms with van der Waals surface area (Å²) in [7, 11) is 0. The maximum absolute atomic E-state index is 12.5. The molecule has 0 aliphatic carbocycles. The van der Waals surface area contributed by atoms with Gasteiger partial charge in [-0.05, 0) is 67.8 Å². The van der Waals surface area contributed by atoms with Gasteiger partial charge in [0.15, 0.2) is 11.9 Å². The number of aryl methyl sites for hydroxylation is 4. The number of hydrogen-bond acceptors (Lipinski definition) is 9. The minimum Gasteiger partial charge on any atom is -0.454 e. The molecule has 3 heterocycles. The molecule has 32 heavy (non-hydrogen) atoms. The van der Waals surface area contributed by atoms with Gasteiger partial charge in [-0.2, -0.15) is 4.68 Å². The van der Waals surface area contributed by atoms with Gasteiger partial charge < -0.3 is 9.72 Å². The summed E-state index contributed by atoms with van der Waals surface area (Å²) in [6, 6.07) is 6.00. The van der Waals surface area contributed by atoms with Crippen molar-refractivity contribution in [2.45, 2.75) is 45.9 Å². The number of carbonyl (C=O) groups excluding carboxylic acids is 1. The third-order valence-corrected chi connectivity index (χ3v) is 7.10. The molecule has 0 bridgehead atoms. The van der Waals surface area contributed by atoms with Gasteiger partial charge in [-0.1, -0.05) is 23.9 Å². The fourth-order valence-electron chi connectivity index (χ4n) is 3.24. The van der Waals surface area contributed by atoms with Crippen LogP contribution in [0.3, 0.4) is 0 Å². The van der Waals surface area contributed by atoms with E-state index in [9.17, 15) is 9.59 Å². The number of nitrogens with one attached hydrogen (secondary N) is 1. The van der Waals surface area contributed by atoms with E-state index in [2.05, 4.69) is 25.5 Å². The molecule has 0 aliphatic heterocycles. The predicted molar refractivity (Wildman–Crippen MR) is 124 cm³/mol. The number of thiophene rings is 1. The van der Waals surface area contributed by atoms with Gasteiger partial charge in [0, 0.05) is 4.88 Å². The monoisotopic (exact) mass is 470 g/mol. The topological polar surface area (TPSA) is 116 Å². The summed E-state index contributed by atoms with van der Waals surface area (Å²) in [5.41, 5.74) is 3.66. The van der Waals surface area contributed by atoms with Crippen molar-refractivity contribution in [1.82, 2.24) is 30.2 Å². The van der Waals surface area contributed by atoms with Crippen LogP contribution in [0.25, 0.3) is 15.9 Å². The highest BCUT2D eigenvalue weighted by Gasteiger charge is 2.19. The smallest absolute Gasteiger partial charge is 0.317 e. The van der Waals surface area contributed by atoms with Crippen molar-refractivity contribution < 1.29 is 9.53 Å². The van der Waals surface area contributed by atoms with E-state index in [4.69, 9.17) is 4.74 Å². The van der Waals surface area contributed by atoms with E-state index in [1.165, 1.54) is 23.1 Å². The highest BCUT2D eigenvalue weighted by molar-refractivity contribution is 7.99. The fourth-order valence-corrected chi connectivity index (χ4v) is 4.95. The lowest BCUT2D eigenvalue weighted by atomic mass is 10.1. The van der Waals surface area contributed by atoms with Gasteiger partial charge in [-0.25, -0.2) is 4.98 Å². The second-order valence-electron chi connectivity index (χ2n) is 7.50. The highest BCUT2D eigenvalue weighted by Crippen LogP contribution is 2.27. The van der Waals surface area contributed by atoms with Crippen LogP contribution in [-0.2, 0) is 9.53 Å². The number of thioether (sulfide) groups is 1. The Morgan fingerprint density at radius 2 is 2.06 bits per heavy atom. The first-order valence-electron chi connectivity index (χ1n) is 9.92. The quantitative estimate of drug-likeness (QED) is 0.336. The average molecular weight is 471 g/mol. The molecule has 0 spiro atoms. The van der Waals surface area contributed by atoms with Gasteiger partial charge >= 0.3 is 5.97 Å². The summed E-state index contributed by atoms with van der Waals surface area (Å²) >= 11 is 2.63. The van der Waals surface area contributed by atoms with Crippen LogP contribution < -0.4 is 5.56 Å². The van der Waals surface area contributed by atoms with Gasteiger partial charge in [0.2, 0.25) is 5.16 Å². The highest BCUT2D eigenvalue weighted by atomic mass is 32.2. The zero-order valence-electron chi connectivity index (χ0n) is 18.3. The number of H-pyrrole nitrogens is 1. The van der Waals surface area contributed by atoms with Crippen molar-refractivity contribution in [3.63, 3.8) is 0 Å². The van der Waals surface area contributed by atoms with E-state index in [0.717, 1.165) is 27.3 Å². The second-order valence-corrected chi connectivity index (χ2v) is 9.64. The number of nitrogens with zero attached hydrogens (tertiary/aromatic N) is 5. The van der Waals surface area contributed by atoms with Gasteiger partial charge in [0.05, 0.1) is 16.8 Å². The van der Waals surface area contributed by atoms with Crippen LogP contribution in [-0.4, -0.2) is 41.9 Å². The number of rotatable bonds is 6. The molecule has 166 valence electrons. The molecule has 9 nitrogen and oxygen atoms in total. The van der Waals surface area contributed by atoms with Gasteiger partial charge in [0.1, 0.15) is 4.83 Å². The third-order valence-electron chi connectivity index (χ3n) is 5.10. The van der Waals surface area contributed by atoms with E-state index >= 15 is 0 Å². The standard InChI is InChI=1S/C21H22N6O3S2/c1-10-6-7-11(2)15(8-10)27-21(24-25-26-27)31-9-16(28)30-13(4)18-22-19(29)17-12(3)14(5)32-20(17)23-18/h6-8,13H,9H2,1-5H3,(H,22,23,29)/t13-/m1/s1. The molecule has 1 atom stereocenters. The minimum absolute atomic E-state index is 0.0132. The van der Waals surface area contributed by atoms with Gasteiger partial charge in [-0.15, -0.1) is 16.4 Å². The largest absolute Gasteiger partial charge is 0.454 e. The zero-order chi connectivity index (χ0) is 23.0. The number of hydrogen-bond donors (Lipinski definition) is 1. The van der Waals surface area contributed by atoms with E-state index < -0.39 is 12.1 Å². The third kappa shape index (κ3) is 4.30. The Labute approximate surface area is 192 Å². The van der Waals surface area contributed by atoms with Crippen LogP contribution >= 0.6 is 23.1 Å². The summed E-state index contributed by atoms with van der Waals surface area (Å²) in [6.07, 6.45) is -0.696. The van der Waals surface area contributed by atoms with Crippen molar-refractivity contribution in [2.75, 3.05) is 5.75 Å². The van der Waals surface area contributed by atoms with Crippen molar-refractivity contribution >= 4 is 39.3 Å². The van der Waals surface area contributed by atoms with Crippen molar-refractivity contribution in [2.24, 2.45) is 0 Å². The second kappa shape index (κ2) is 8.83. The van der Waals surface area contributed by atoms with Gasteiger partial charge in [0.25, 0.3) is 5.56 Å². The number of carbonyl (C=O) groups is 1. The molecule has 1 N–H and O–H groups in total. The Bertz CT molecular complexity index is 1370. The molecular formula is C21H22N6O3S2. The number of esters is 1. The van der Waals surface area contributed by atoms with E-state index in [1.807, 2.05) is 45.9 Å². The first-order valence-corrected chi connectivity index (χ1v) is 11.7. The van der Waals surface area contributed by atoms with Crippen LogP contribution in [0.4, 0.5) is 0 Å². The van der Waals surface area contributed by atoms with Gasteiger partial charge in [-0.3, -0.25) is 9.59 Å². The number of aromatic amines is 1. The molecular weight excluding hydrogens is 448 g/mol. The Kier molecular flexibility index (Phi) is 6.11. The number of aromatic nitrogens is 6. The summed E-state index contributed by atoms with van der Waals surface area (Å²) in [4.78, 5) is 33.8. The van der Waals surface area contributed by atoms with Crippen LogP contribution in [0.15, 0.2) is 28.2 Å². The Hall–Kier alpha value is -3.05. The molecule has 0 fully saturated rings. The maximum atomic E-state index is 12.5. The van der Waals surface area contributed by atoms with E-state index in [1.54, 1.807) is 11.6 Å². The Balaban J connectivity index is 1.45. The summed E-state index contributed by atoms with van der Waals surface area (Å²) < 4.78 is 7.11. The maximum Gasteiger partial charge on any atom is 0.317 e. The summed E-state index contributed by atoms with van der Waals surface area (Å²) in [5, 5.41) is 12.9. The van der Waals surface area contributed by atoms with Crippen molar-refractivity contribution in [3.8, 4) is 5.69 Å². The van der Waals surface area contributed by atoms with Crippen molar-refractivity contribution in [1.29, 1.82) is 0 Å². The first kappa shape index (κ1) is 22.2. The number of fused-ring (bicyclic) bond motifs is 1. The number of benzene rings is 1. The fraction of sp³-hybridized carbons (Fsp3) is 0.333.